The maximum absolute atomic E-state index is 10.5. The molecular formula is C8H7BrO3. The van der Waals surface area contributed by atoms with Crippen LogP contribution in [0.2, 0.25) is 0 Å². The molecule has 0 aromatic heterocycles. The van der Waals surface area contributed by atoms with Crippen molar-refractivity contribution in [3.63, 3.8) is 0 Å². The van der Waals surface area contributed by atoms with E-state index in [1.165, 1.54) is 6.07 Å². The number of hydrogen-bond acceptors (Lipinski definition) is 3. The van der Waals surface area contributed by atoms with Crippen LogP contribution in [0, 0.1) is 6.92 Å². The molecule has 0 aliphatic heterocycles. The zero-order valence-corrected chi connectivity index (χ0v) is 7.92. The summed E-state index contributed by atoms with van der Waals surface area (Å²) in [7, 11) is 0. The normalized spacial score (nSPS) is 9.83. The monoisotopic (exact) mass is 230 g/mol. The van der Waals surface area contributed by atoms with Gasteiger partial charge in [0.15, 0.2) is 17.8 Å². The lowest BCUT2D eigenvalue weighted by Gasteiger charge is -2.05. The first-order valence-corrected chi connectivity index (χ1v) is 4.03. The first-order chi connectivity index (χ1) is 5.57. The molecule has 0 bridgehead atoms. The quantitative estimate of drug-likeness (QED) is 0.573. The summed E-state index contributed by atoms with van der Waals surface area (Å²) < 4.78 is 0.231. The molecule has 0 saturated heterocycles. The van der Waals surface area contributed by atoms with Crippen LogP contribution in [-0.2, 0) is 0 Å². The first kappa shape index (κ1) is 9.06. The van der Waals surface area contributed by atoms with Gasteiger partial charge in [-0.15, -0.1) is 0 Å². The van der Waals surface area contributed by atoms with E-state index in [2.05, 4.69) is 15.9 Å². The standard InChI is InChI=1S/C8H7BrO3/c1-4-2-6(11)8(12)7(9)5(4)3-10/h2-3,11-12H,1H3. The molecule has 0 amide bonds. The Morgan fingerprint density at radius 2 is 2.08 bits per heavy atom. The SMILES string of the molecule is Cc1cc(O)c(O)c(Br)c1C=O. The van der Waals surface area contributed by atoms with Crippen molar-refractivity contribution in [1.29, 1.82) is 0 Å². The lowest BCUT2D eigenvalue weighted by atomic mass is 10.1. The van der Waals surface area contributed by atoms with Gasteiger partial charge in [-0.25, -0.2) is 0 Å². The van der Waals surface area contributed by atoms with Crippen LogP contribution >= 0.6 is 15.9 Å². The van der Waals surface area contributed by atoms with Crippen LogP contribution in [0.3, 0.4) is 0 Å². The number of aldehydes is 1. The minimum atomic E-state index is -0.303. The number of rotatable bonds is 1. The molecule has 0 saturated carbocycles. The number of benzene rings is 1. The van der Waals surface area contributed by atoms with Crippen LogP contribution in [0.25, 0.3) is 0 Å². The Hall–Kier alpha value is -1.03. The Morgan fingerprint density at radius 1 is 1.50 bits per heavy atom. The average Bonchev–Trinajstić information content (AvgIpc) is 2.01. The Bertz CT molecular complexity index is 334. The van der Waals surface area contributed by atoms with Crippen LogP contribution in [-0.4, -0.2) is 16.5 Å². The predicted octanol–water partition coefficient (Wildman–Crippen LogP) is 1.98. The molecule has 0 aliphatic carbocycles. The number of phenolic OH excluding ortho intramolecular Hbond substituents is 2. The summed E-state index contributed by atoms with van der Waals surface area (Å²) >= 11 is 3.00. The average molecular weight is 231 g/mol. The van der Waals surface area contributed by atoms with Gasteiger partial charge in [0.25, 0.3) is 0 Å². The third kappa shape index (κ3) is 1.30. The number of hydrogen-bond donors (Lipinski definition) is 2. The third-order valence-corrected chi connectivity index (χ3v) is 2.39. The largest absolute Gasteiger partial charge is 0.504 e. The summed E-state index contributed by atoms with van der Waals surface area (Å²) in [5, 5.41) is 18.3. The van der Waals surface area contributed by atoms with Crippen LogP contribution in [0.15, 0.2) is 10.5 Å². The van der Waals surface area contributed by atoms with Gasteiger partial charge in [0.05, 0.1) is 4.47 Å². The van der Waals surface area contributed by atoms with Gasteiger partial charge < -0.3 is 10.2 Å². The highest BCUT2D eigenvalue weighted by molar-refractivity contribution is 9.10. The minimum Gasteiger partial charge on any atom is -0.504 e. The van der Waals surface area contributed by atoms with Gasteiger partial charge in [0.1, 0.15) is 0 Å². The molecule has 2 N–H and O–H groups in total. The predicted molar refractivity (Wildman–Crippen MR) is 47.6 cm³/mol. The van der Waals surface area contributed by atoms with E-state index in [0.717, 1.165) is 0 Å². The maximum Gasteiger partial charge on any atom is 0.172 e. The van der Waals surface area contributed by atoms with Gasteiger partial charge >= 0.3 is 0 Å². The zero-order valence-electron chi connectivity index (χ0n) is 6.34. The van der Waals surface area contributed by atoms with E-state index in [1.54, 1.807) is 6.92 Å². The molecule has 0 atom stereocenters. The number of aromatic hydroxyl groups is 2. The Morgan fingerprint density at radius 3 is 2.58 bits per heavy atom. The summed E-state index contributed by atoms with van der Waals surface area (Å²) in [6.45, 7) is 1.67. The highest BCUT2D eigenvalue weighted by Gasteiger charge is 2.11. The van der Waals surface area contributed by atoms with Crippen molar-refractivity contribution < 1.29 is 15.0 Å². The van der Waals surface area contributed by atoms with Crippen molar-refractivity contribution in [2.24, 2.45) is 0 Å². The molecule has 0 spiro atoms. The van der Waals surface area contributed by atoms with Gasteiger partial charge in [0.2, 0.25) is 0 Å². The molecule has 64 valence electrons. The Labute approximate surface area is 77.8 Å². The third-order valence-electron chi connectivity index (χ3n) is 1.58. The van der Waals surface area contributed by atoms with Crippen molar-refractivity contribution in [1.82, 2.24) is 0 Å². The number of phenols is 2. The van der Waals surface area contributed by atoms with Crippen LogP contribution in [0.1, 0.15) is 15.9 Å². The number of halogens is 1. The molecule has 0 fully saturated rings. The molecule has 4 heteroatoms. The highest BCUT2D eigenvalue weighted by Crippen LogP contribution is 2.36. The second kappa shape index (κ2) is 3.15. The van der Waals surface area contributed by atoms with E-state index in [1.807, 2.05) is 0 Å². The molecule has 1 aromatic carbocycles. The summed E-state index contributed by atoms with van der Waals surface area (Å²) in [4.78, 5) is 10.5. The Balaban J connectivity index is 3.51. The molecule has 0 heterocycles. The fourth-order valence-corrected chi connectivity index (χ4v) is 1.52. The molecular weight excluding hydrogens is 224 g/mol. The van der Waals surface area contributed by atoms with Crippen LogP contribution < -0.4 is 0 Å². The number of aryl methyl sites for hydroxylation is 1. The molecule has 0 unspecified atom stereocenters. The zero-order chi connectivity index (χ0) is 9.30. The van der Waals surface area contributed by atoms with Gasteiger partial charge in [-0.2, -0.15) is 0 Å². The van der Waals surface area contributed by atoms with Crippen LogP contribution in [0.4, 0.5) is 0 Å². The second-order valence-electron chi connectivity index (χ2n) is 2.41. The smallest absolute Gasteiger partial charge is 0.172 e. The lowest BCUT2D eigenvalue weighted by Crippen LogP contribution is -1.88. The van der Waals surface area contributed by atoms with E-state index in [-0.39, 0.29) is 16.0 Å². The van der Waals surface area contributed by atoms with Crippen molar-refractivity contribution in [2.75, 3.05) is 0 Å². The Kier molecular flexibility index (Phi) is 2.38. The van der Waals surface area contributed by atoms with E-state index in [0.29, 0.717) is 17.4 Å². The van der Waals surface area contributed by atoms with E-state index >= 15 is 0 Å². The topological polar surface area (TPSA) is 57.5 Å². The van der Waals surface area contributed by atoms with E-state index < -0.39 is 0 Å². The number of carbonyl (C=O) groups is 1. The van der Waals surface area contributed by atoms with Crippen molar-refractivity contribution in [3.8, 4) is 11.5 Å². The summed E-state index contributed by atoms with van der Waals surface area (Å²) in [6.07, 6.45) is 0.624. The summed E-state index contributed by atoms with van der Waals surface area (Å²) in [5.74, 6) is -0.535. The minimum absolute atomic E-state index is 0.231. The molecule has 3 nitrogen and oxygen atoms in total. The molecule has 1 aromatic rings. The molecule has 0 aliphatic rings. The van der Waals surface area contributed by atoms with Crippen molar-refractivity contribution in [2.45, 2.75) is 6.92 Å². The van der Waals surface area contributed by atoms with E-state index in [9.17, 15) is 9.90 Å². The lowest BCUT2D eigenvalue weighted by molar-refractivity contribution is 0.112. The molecule has 1 rings (SSSR count). The maximum atomic E-state index is 10.5. The molecule has 0 radical (unpaired) electrons. The summed E-state index contributed by atoms with van der Waals surface area (Å²) in [6, 6.07) is 1.34. The van der Waals surface area contributed by atoms with Crippen molar-refractivity contribution >= 4 is 22.2 Å². The summed E-state index contributed by atoms with van der Waals surface area (Å²) in [5.41, 5.74) is 0.970. The van der Waals surface area contributed by atoms with Crippen LogP contribution in [0.5, 0.6) is 11.5 Å². The fraction of sp³-hybridized carbons (Fsp3) is 0.125. The first-order valence-electron chi connectivity index (χ1n) is 3.24. The second-order valence-corrected chi connectivity index (χ2v) is 3.20. The van der Waals surface area contributed by atoms with Gasteiger partial charge in [-0.05, 0) is 34.5 Å². The van der Waals surface area contributed by atoms with Gasteiger partial charge in [-0.1, -0.05) is 0 Å². The highest BCUT2D eigenvalue weighted by atomic mass is 79.9. The fourth-order valence-electron chi connectivity index (χ4n) is 0.909. The van der Waals surface area contributed by atoms with Crippen molar-refractivity contribution in [3.05, 3.63) is 21.7 Å². The molecule has 12 heavy (non-hydrogen) atoms. The van der Waals surface area contributed by atoms with Gasteiger partial charge in [0, 0.05) is 5.56 Å². The van der Waals surface area contributed by atoms with Gasteiger partial charge in [-0.3, -0.25) is 4.79 Å². The van der Waals surface area contributed by atoms with E-state index in [4.69, 9.17) is 5.11 Å². The number of carbonyl (C=O) groups excluding carboxylic acids is 1.